The highest BCUT2D eigenvalue weighted by Gasteiger charge is 2.29. The first kappa shape index (κ1) is 20.7. The van der Waals surface area contributed by atoms with E-state index in [1.807, 2.05) is 67.1 Å². The number of hydrogen-bond acceptors (Lipinski definition) is 4. The number of rotatable bonds is 4. The number of ketones is 1. The topological polar surface area (TPSA) is 76.0 Å². The van der Waals surface area contributed by atoms with Gasteiger partial charge in [-0.2, -0.15) is 0 Å². The van der Waals surface area contributed by atoms with Gasteiger partial charge in [0.15, 0.2) is 5.78 Å². The summed E-state index contributed by atoms with van der Waals surface area (Å²) >= 11 is 0. The number of nitrogens with one attached hydrogen (secondary N) is 2. The Morgan fingerprint density at radius 2 is 1.70 bits per heavy atom. The number of aryl methyl sites for hydroxylation is 2. The summed E-state index contributed by atoms with van der Waals surface area (Å²) in [5, 5.41) is 6.32. The van der Waals surface area contributed by atoms with Gasteiger partial charge in [-0.3, -0.25) is 9.59 Å². The number of imidazole rings is 1. The van der Waals surface area contributed by atoms with Gasteiger partial charge in [0, 0.05) is 34.9 Å². The van der Waals surface area contributed by atoms with E-state index in [1.165, 1.54) is 0 Å². The molecule has 0 saturated carbocycles. The molecular weight excluding hydrogens is 412 g/mol. The van der Waals surface area contributed by atoms with Gasteiger partial charge in [0.05, 0.1) is 6.54 Å². The van der Waals surface area contributed by atoms with E-state index in [9.17, 15) is 9.59 Å². The summed E-state index contributed by atoms with van der Waals surface area (Å²) in [5.41, 5.74) is 5.75. The number of fused-ring (bicyclic) bond motifs is 2. The normalized spacial score (nSPS) is 14.4. The van der Waals surface area contributed by atoms with E-state index in [1.54, 1.807) is 30.5 Å². The Kier molecular flexibility index (Phi) is 5.26. The summed E-state index contributed by atoms with van der Waals surface area (Å²) in [6, 6.07) is 20.2. The Labute approximate surface area is 192 Å². The zero-order chi connectivity index (χ0) is 22.9. The highest BCUT2D eigenvalue weighted by Crippen LogP contribution is 2.30. The van der Waals surface area contributed by atoms with Crippen LogP contribution in [0.4, 0.5) is 11.4 Å². The SMILES string of the molecule is Cc1cccc(C)c1C(=O)Nc1ccc(C(=O)C2Nc3ccccc3Cn3ccnc32)cc1. The van der Waals surface area contributed by atoms with Crippen molar-refractivity contribution >= 4 is 23.1 Å². The predicted octanol–water partition coefficient (Wildman–Crippen LogP) is 5.15. The van der Waals surface area contributed by atoms with Crippen LogP contribution in [0, 0.1) is 13.8 Å². The van der Waals surface area contributed by atoms with E-state index < -0.39 is 6.04 Å². The largest absolute Gasteiger partial charge is 0.369 e. The first-order valence-electron chi connectivity index (χ1n) is 10.9. The maximum Gasteiger partial charge on any atom is 0.256 e. The molecule has 2 N–H and O–H groups in total. The van der Waals surface area contributed by atoms with Crippen LogP contribution in [-0.4, -0.2) is 21.2 Å². The van der Waals surface area contributed by atoms with Crippen LogP contribution in [0.3, 0.4) is 0 Å². The molecule has 0 bridgehead atoms. The van der Waals surface area contributed by atoms with E-state index in [0.717, 1.165) is 22.4 Å². The van der Waals surface area contributed by atoms with Crippen LogP contribution in [0.25, 0.3) is 0 Å². The van der Waals surface area contributed by atoms with Crippen molar-refractivity contribution in [2.75, 3.05) is 10.6 Å². The van der Waals surface area contributed by atoms with Crippen molar-refractivity contribution in [2.24, 2.45) is 0 Å². The summed E-state index contributed by atoms with van der Waals surface area (Å²) in [6.07, 6.45) is 3.61. The lowest BCUT2D eigenvalue weighted by Gasteiger charge is -2.17. The van der Waals surface area contributed by atoms with E-state index in [0.29, 0.717) is 29.2 Å². The van der Waals surface area contributed by atoms with Gasteiger partial charge in [0.25, 0.3) is 5.91 Å². The van der Waals surface area contributed by atoms with Crippen molar-refractivity contribution < 1.29 is 9.59 Å². The summed E-state index contributed by atoms with van der Waals surface area (Å²) in [5.74, 6) is 0.448. The number of nitrogens with zero attached hydrogens (tertiary/aromatic N) is 2. The van der Waals surface area contributed by atoms with Crippen molar-refractivity contribution in [3.63, 3.8) is 0 Å². The highest BCUT2D eigenvalue weighted by molar-refractivity contribution is 6.07. The number of para-hydroxylation sites is 1. The van der Waals surface area contributed by atoms with Gasteiger partial charge in [0.1, 0.15) is 11.9 Å². The molecule has 1 aliphatic rings. The molecule has 1 atom stereocenters. The molecule has 33 heavy (non-hydrogen) atoms. The Hall–Kier alpha value is -4.19. The van der Waals surface area contributed by atoms with Crippen LogP contribution in [0.15, 0.2) is 79.1 Å². The highest BCUT2D eigenvalue weighted by atomic mass is 16.1. The number of carbonyl (C=O) groups excluding carboxylic acids is 2. The number of amides is 1. The molecule has 1 unspecified atom stereocenters. The van der Waals surface area contributed by atoms with Gasteiger partial charge in [0.2, 0.25) is 0 Å². The molecule has 0 fully saturated rings. The summed E-state index contributed by atoms with van der Waals surface area (Å²) in [7, 11) is 0. The third-order valence-electron chi connectivity index (χ3n) is 6.06. The monoisotopic (exact) mass is 436 g/mol. The van der Waals surface area contributed by atoms with Gasteiger partial charge < -0.3 is 15.2 Å². The lowest BCUT2D eigenvalue weighted by Crippen LogP contribution is -2.23. The van der Waals surface area contributed by atoms with Crippen LogP contribution < -0.4 is 10.6 Å². The van der Waals surface area contributed by atoms with Gasteiger partial charge in [-0.1, -0.05) is 36.4 Å². The lowest BCUT2D eigenvalue weighted by molar-refractivity contribution is 0.0965. The van der Waals surface area contributed by atoms with Crippen molar-refractivity contribution in [1.29, 1.82) is 0 Å². The van der Waals surface area contributed by atoms with Crippen molar-refractivity contribution in [2.45, 2.75) is 26.4 Å². The van der Waals surface area contributed by atoms with Crippen LogP contribution in [-0.2, 0) is 6.54 Å². The molecule has 1 aliphatic heterocycles. The van der Waals surface area contributed by atoms with Crippen LogP contribution in [0.1, 0.15) is 49.3 Å². The second kappa shape index (κ2) is 8.39. The van der Waals surface area contributed by atoms with E-state index in [4.69, 9.17) is 0 Å². The fraction of sp³-hybridized carbons (Fsp3) is 0.148. The van der Waals surface area contributed by atoms with Crippen LogP contribution in [0.5, 0.6) is 0 Å². The Morgan fingerprint density at radius 1 is 0.970 bits per heavy atom. The number of Topliss-reactive ketones (excluding diaryl/α,β-unsaturated/α-hetero) is 1. The molecule has 0 radical (unpaired) electrons. The zero-order valence-corrected chi connectivity index (χ0v) is 18.5. The van der Waals surface area contributed by atoms with Gasteiger partial charge in [-0.15, -0.1) is 0 Å². The Balaban J connectivity index is 1.38. The minimum atomic E-state index is -0.598. The Bertz CT molecular complexity index is 1330. The summed E-state index contributed by atoms with van der Waals surface area (Å²) < 4.78 is 2.00. The molecule has 1 amide bonds. The molecule has 0 saturated heterocycles. The van der Waals surface area contributed by atoms with Gasteiger partial charge in [-0.25, -0.2) is 4.98 Å². The summed E-state index contributed by atoms with van der Waals surface area (Å²) in [6.45, 7) is 4.50. The molecule has 164 valence electrons. The van der Waals surface area contributed by atoms with E-state index in [2.05, 4.69) is 15.6 Å². The second-order valence-corrected chi connectivity index (χ2v) is 8.31. The molecule has 2 heterocycles. The molecule has 6 nitrogen and oxygen atoms in total. The number of carbonyl (C=O) groups is 2. The van der Waals surface area contributed by atoms with E-state index in [-0.39, 0.29) is 11.7 Å². The fourth-order valence-electron chi connectivity index (χ4n) is 4.35. The maximum atomic E-state index is 13.5. The van der Waals surface area contributed by atoms with Gasteiger partial charge in [-0.05, 0) is 60.9 Å². The first-order valence-corrected chi connectivity index (χ1v) is 10.9. The van der Waals surface area contributed by atoms with Crippen molar-refractivity contribution in [1.82, 2.24) is 9.55 Å². The van der Waals surface area contributed by atoms with Crippen molar-refractivity contribution in [3.05, 3.63) is 113 Å². The fourth-order valence-corrected chi connectivity index (χ4v) is 4.35. The lowest BCUT2D eigenvalue weighted by atomic mass is 10.0. The number of hydrogen-bond donors (Lipinski definition) is 2. The third kappa shape index (κ3) is 3.91. The molecule has 4 aromatic rings. The zero-order valence-electron chi connectivity index (χ0n) is 18.5. The molecule has 0 aliphatic carbocycles. The number of benzene rings is 3. The van der Waals surface area contributed by atoms with Gasteiger partial charge >= 0.3 is 0 Å². The predicted molar refractivity (Wildman–Crippen MR) is 129 cm³/mol. The number of anilines is 2. The smallest absolute Gasteiger partial charge is 0.256 e. The van der Waals surface area contributed by atoms with Crippen molar-refractivity contribution in [3.8, 4) is 0 Å². The average Bonchev–Trinajstić information content (AvgIpc) is 3.20. The van der Waals surface area contributed by atoms with Crippen LogP contribution >= 0.6 is 0 Å². The average molecular weight is 437 g/mol. The second-order valence-electron chi connectivity index (χ2n) is 8.31. The van der Waals surface area contributed by atoms with E-state index >= 15 is 0 Å². The molecular formula is C27H24N4O2. The maximum absolute atomic E-state index is 13.5. The third-order valence-corrected chi connectivity index (χ3v) is 6.06. The minimum absolute atomic E-state index is 0.0771. The molecule has 5 rings (SSSR count). The molecule has 0 spiro atoms. The quantitative estimate of drug-likeness (QED) is 0.434. The summed E-state index contributed by atoms with van der Waals surface area (Å²) in [4.78, 5) is 30.7. The molecule has 3 aromatic carbocycles. The first-order chi connectivity index (χ1) is 16.0. The number of aromatic nitrogens is 2. The standard InChI is InChI=1S/C27H24N4O2/c1-17-6-5-7-18(2)23(17)27(33)29-21-12-10-19(11-13-21)25(32)24-26-28-14-15-31(26)16-20-8-3-4-9-22(20)30-24/h3-15,24,30H,16H2,1-2H3,(H,29,33). The minimum Gasteiger partial charge on any atom is -0.369 e. The molecule has 6 heteroatoms. The molecule has 1 aromatic heterocycles. The Morgan fingerprint density at radius 3 is 2.45 bits per heavy atom. The van der Waals surface area contributed by atoms with Crippen LogP contribution in [0.2, 0.25) is 0 Å².